The number of terminal acetylenes is 1. The van der Waals surface area contributed by atoms with Crippen LogP contribution >= 0.6 is 11.6 Å². The average molecular weight is 267 g/mol. The van der Waals surface area contributed by atoms with Crippen LogP contribution in [0.25, 0.3) is 0 Å². The molecule has 0 aromatic heterocycles. The van der Waals surface area contributed by atoms with Gasteiger partial charge < -0.3 is 4.74 Å². The van der Waals surface area contributed by atoms with Crippen LogP contribution in [-0.2, 0) is 9.53 Å². The fourth-order valence-corrected chi connectivity index (χ4v) is 2.12. The molecule has 0 aromatic rings. The Kier molecular flexibility index (Phi) is 6.78. The van der Waals surface area contributed by atoms with Crippen molar-refractivity contribution in [1.82, 2.24) is 0 Å². The molecule has 1 aliphatic heterocycles. The number of hydrogen-bond donors (Lipinski definition) is 0. The highest BCUT2D eigenvalue weighted by molar-refractivity contribution is 6.21. The van der Waals surface area contributed by atoms with E-state index in [2.05, 4.69) is 5.92 Å². The molecule has 3 atom stereocenters. The minimum absolute atomic E-state index is 0.0305. The molecule has 0 bridgehead atoms. The van der Waals surface area contributed by atoms with E-state index in [1.54, 1.807) is 12.2 Å². The Labute approximate surface area is 114 Å². The molecule has 2 nitrogen and oxygen atoms in total. The molecule has 0 aliphatic carbocycles. The van der Waals surface area contributed by atoms with Crippen molar-refractivity contribution < 1.29 is 9.53 Å². The molecule has 0 saturated heterocycles. The molecular formula is C15H19ClO2. The third kappa shape index (κ3) is 5.08. The van der Waals surface area contributed by atoms with Crippen molar-refractivity contribution in [3.63, 3.8) is 0 Å². The first-order chi connectivity index (χ1) is 8.67. The maximum atomic E-state index is 11.5. The molecule has 0 N–H and O–H groups in total. The standard InChI is InChI=1S/C15H19ClO2/c1-3-5-6-7-14(16)15-11-9-12(17)8-10-13(4-2)18-15/h1,5-6,8,10,13-15H,4,7,9,11H2,2H3/b6-5-,10-8-/t13-,14-,15-/m1/s1. The van der Waals surface area contributed by atoms with Crippen LogP contribution < -0.4 is 0 Å². The summed E-state index contributed by atoms with van der Waals surface area (Å²) in [5.74, 6) is 2.57. The highest BCUT2D eigenvalue weighted by atomic mass is 35.5. The maximum absolute atomic E-state index is 11.5. The van der Waals surface area contributed by atoms with Gasteiger partial charge in [0.2, 0.25) is 0 Å². The van der Waals surface area contributed by atoms with Gasteiger partial charge in [-0.3, -0.25) is 4.79 Å². The molecule has 98 valence electrons. The van der Waals surface area contributed by atoms with Crippen molar-refractivity contribution in [3.8, 4) is 12.3 Å². The summed E-state index contributed by atoms with van der Waals surface area (Å²) in [6, 6.07) is 0. The summed E-state index contributed by atoms with van der Waals surface area (Å²) >= 11 is 6.31. The highest BCUT2D eigenvalue weighted by Crippen LogP contribution is 2.22. The van der Waals surface area contributed by atoms with Gasteiger partial charge in [-0.25, -0.2) is 0 Å². The molecule has 0 spiro atoms. The third-order valence-corrected chi connectivity index (χ3v) is 3.36. The van der Waals surface area contributed by atoms with Crippen LogP contribution in [0, 0.1) is 12.3 Å². The molecule has 1 rings (SSSR count). The van der Waals surface area contributed by atoms with E-state index >= 15 is 0 Å². The predicted molar refractivity (Wildman–Crippen MR) is 74.6 cm³/mol. The largest absolute Gasteiger partial charge is 0.369 e. The monoisotopic (exact) mass is 266 g/mol. The summed E-state index contributed by atoms with van der Waals surface area (Å²) < 4.78 is 5.92. The van der Waals surface area contributed by atoms with Crippen LogP contribution in [0.2, 0.25) is 0 Å². The summed E-state index contributed by atoms with van der Waals surface area (Å²) in [6.45, 7) is 2.03. The van der Waals surface area contributed by atoms with E-state index in [1.807, 2.05) is 19.1 Å². The van der Waals surface area contributed by atoms with Gasteiger partial charge in [-0.15, -0.1) is 18.0 Å². The van der Waals surface area contributed by atoms with Crippen LogP contribution in [0.4, 0.5) is 0 Å². The third-order valence-electron chi connectivity index (χ3n) is 2.90. The van der Waals surface area contributed by atoms with E-state index in [0.717, 1.165) is 6.42 Å². The second-order valence-corrected chi connectivity index (χ2v) is 4.87. The van der Waals surface area contributed by atoms with Gasteiger partial charge >= 0.3 is 0 Å². The lowest BCUT2D eigenvalue weighted by molar-refractivity contribution is -0.116. The molecule has 18 heavy (non-hydrogen) atoms. The Morgan fingerprint density at radius 3 is 3.17 bits per heavy atom. The number of allylic oxidation sites excluding steroid dienone is 3. The van der Waals surface area contributed by atoms with Crippen LogP contribution in [0.15, 0.2) is 24.3 Å². The summed E-state index contributed by atoms with van der Waals surface area (Å²) in [5.41, 5.74) is 0. The van der Waals surface area contributed by atoms with Crippen LogP contribution in [-0.4, -0.2) is 23.4 Å². The SMILES string of the molecule is C#C/C=C\C[C@@H](Cl)[C@H]1CCC(=O)/C=C\[C@@H](CC)O1. The van der Waals surface area contributed by atoms with Gasteiger partial charge in [0.05, 0.1) is 17.6 Å². The summed E-state index contributed by atoms with van der Waals surface area (Å²) in [7, 11) is 0. The zero-order valence-electron chi connectivity index (χ0n) is 10.6. The summed E-state index contributed by atoms with van der Waals surface area (Å²) in [5, 5.41) is -0.150. The first-order valence-corrected chi connectivity index (χ1v) is 6.72. The fraction of sp³-hybridized carbons (Fsp3) is 0.533. The maximum Gasteiger partial charge on any atom is 0.155 e. The smallest absolute Gasteiger partial charge is 0.155 e. The quantitative estimate of drug-likeness (QED) is 0.577. The molecule has 0 fully saturated rings. The molecule has 0 radical (unpaired) electrons. The van der Waals surface area contributed by atoms with Crippen molar-refractivity contribution in [3.05, 3.63) is 24.3 Å². The average Bonchev–Trinajstić information content (AvgIpc) is 2.35. The lowest BCUT2D eigenvalue weighted by Crippen LogP contribution is -2.30. The number of rotatable bonds is 4. The van der Waals surface area contributed by atoms with Gasteiger partial charge in [0.15, 0.2) is 5.78 Å². The second-order valence-electron chi connectivity index (χ2n) is 4.31. The van der Waals surface area contributed by atoms with Crippen molar-refractivity contribution in [1.29, 1.82) is 0 Å². The number of ether oxygens (including phenoxy) is 1. The molecule has 0 saturated carbocycles. The van der Waals surface area contributed by atoms with Crippen molar-refractivity contribution in [2.24, 2.45) is 0 Å². The lowest BCUT2D eigenvalue weighted by atomic mass is 10.0. The zero-order valence-corrected chi connectivity index (χ0v) is 11.4. The number of carbonyl (C=O) groups is 1. The highest BCUT2D eigenvalue weighted by Gasteiger charge is 2.23. The molecule has 3 heteroatoms. The van der Waals surface area contributed by atoms with Crippen LogP contribution in [0.5, 0.6) is 0 Å². The number of ketones is 1. The summed E-state index contributed by atoms with van der Waals surface area (Å²) in [4.78, 5) is 11.5. The predicted octanol–water partition coefficient (Wildman–Crippen LogP) is 3.26. The van der Waals surface area contributed by atoms with Gasteiger partial charge in [0, 0.05) is 6.42 Å². The van der Waals surface area contributed by atoms with Crippen LogP contribution in [0.1, 0.15) is 32.6 Å². The van der Waals surface area contributed by atoms with E-state index in [4.69, 9.17) is 22.8 Å². The molecular weight excluding hydrogens is 248 g/mol. The molecule has 1 heterocycles. The van der Waals surface area contributed by atoms with Crippen molar-refractivity contribution in [2.45, 2.75) is 50.2 Å². The number of hydrogen-bond acceptors (Lipinski definition) is 2. The molecule has 0 amide bonds. The number of halogens is 1. The van der Waals surface area contributed by atoms with Gasteiger partial charge in [-0.1, -0.05) is 25.0 Å². The van der Waals surface area contributed by atoms with E-state index in [1.165, 1.54) is 0 Å². The van der Waals surface area contributed by atoms with E-state index in [-0.39, 0.29) is 23.4 Å². The Morgan fingerprint density at radius 1 is 1.72 bits per heavy atom. The van der Waals surface area contributed by atoms with E-state index < -0.39 is 0 Å². The van der Waals surface area contributed by atoms with Crippen molar-refractivity contribution >= 4 is 17.4 Å². The first kappa shape index (κ1) is 15.0. The second kappa shape index (κ2) is 8.13. The van der Waals surface area contributed by atoms with Gasteiger partial charge in [-0.2, -0.15) is 0 Å². The minimum atomic E-state index is -0.150. The Balaban J connectivity index is 2.63. The number of carbonyl (C=O) groups excluding carboxylic acids is 1. The van der Waals surface area contributed by atoms with Gasteiger partial charge in [0.1, 0.15) is 0 Å². The van der Waals surface area contributed by atoms with Crippen LogP contribution in [0.3, 0.4) is 0 Å². The van der Waals surface area contributed by atoms with Gasteiger partial charge in [0.25, 0.3) is 0 Å². The first-order valence-electron chi connectivity index (χ1n) is 6.29. The zero-order chi connectivity index (χ0) is 13.4. The topological polar surface area (TPSA) is 26.3 Å². The van der Waals surface area contributed by atoms with Crippen molar-refractivity contribution in [2.75, 3.05) is 0 Å². The fourth-order valence-electron chi connectivity index (χ4n) is 1.84. The molecule has 0 unspecified atom stereocenters. The van der Waals surface area contributed by atoms with Gasteiger partial charge in [-0.05, 0) is 31.4 Å². The normalized spacial score (nSPS) is 28.4. The Hall–Kier alpha value is -1.04. The minimum Gasteiger partial charge on any atom is -0.369 e. The van der Waals surface area contributed by atoms with E-state index in [0.29, 0.717) is 19.3 Å². The molecule has 0 aromatic carbocycles. The number of alkyl halides is 1. The van der Waals surface area contributed by atoms with E-state index in [9.17, 15) is 4.79 Å². The Bertz CT molecular complexity index is 365. The lowest BCUT2D eigenvalue weighted by Gasteiger charge is -2.26. The Morgan fingerprint density at radius 2 is 2.50 bits per heavy atom. The molecule has 1 aliphatic rings. The summed E-state index contributed by atoms with van der Waals surface area (Å²) in [6.07, 6.45) is 14.6.